The lowest BCUT2D eigenvalue weighted by atomic mass is 9.69. The van der Waals surface area contributed by atoms with Gasteiger partial charge in [0.2, 0.25) is 5.91 Å². The molecule has 3 heteroatoms. The molecule has 0 atom stereocenters. The molecule has 1 aromatic rings. The average Bonchev–Trinajstić information content (AvgIpc) is 2.57. The molecule has 1 N–H and O–H groups in total. The molecule has 1 aliphatic heterocycles. The van der Waals surface area contributed by atoms with Crippen LogP contribution in [0.2, 0.25) is 0 Å². The number of nitrogens with zero attached hydrogens (tertiary/aromatic N) is 1. The van der Waals surface area contributed by atoms with Gasteiger partial charge in [0.25, 0.3) is 0 Å². The van der Waals surface area contributed by atoms with Crippen LogP contribution >= 0.6 is 0 Å². The first kappa shape index (κ1) is 19.7. The Kier molecular flexibility index (Phi) is 8.32. The van der Waals surface area contributed by atoms with Crippen LogP contribution in [0.4, 0.5) is 0 Å². The first-order valence-corrected chi connectivity index (χ1v) is 8.94. The largest absolute Gasteiger partial charge is 0.359 e. The first-order chi connectivity index (χ1) is 11.0. The third-order valence-corrected chi connectivity index (χ3v) is 5.09. The minimum Gasteiger partial charge on any atom is -0.359 e. The van der Waals surface area contributed by atoms with Gasteiger partial charge in [-0.3, -0.25) is 4.79 Å². The Labute approximate surface area is 142 Å². The third kappa shape index (κ3) is 5.65. The van der Waals surface area contributed by atoms with E-state index in [4.69, 9.17) is 0 Å². The summed E-state index contributed by atoms with van der Waals surface area (Å²) in [6, 6.07) is 8.93. The van der Waals surface area contributed by atoms with Crippen LogP contribution in [0.5, 0.6) is 0 Å². The standard InChI is InChI=1S/C15H23N.C5H11NO/c1-4-15(9-11-16(3)12-10-15)14-8-6-5-7-13(14)2;1-3-4-5(7)6-2/h5-8H,4,9-12H2,1-3H3;3-4H2,1-2H3,(H,6,7). The second-order valence-electron chi connectivity index (χ2n) is 6.68. The quantitative estimate of drug-likeness (QED) is 0.913. The van der Waals surface area contributed by atoms with Gasteiger partial charge in [0.05, 0.1) is 0 Å². The zero-order valence-corrected chi connectivity index (χ0v) is 15.6. The van der Waals surface area contributed by atoms with E-state index < -0.39 is 0 Å². The monoisotopic (exact) mass is 318 g/mol. The van der Waals surface area contributed by atoms with E-state index in [2.05, 4.69) is 55.4 Å². The van der Waals surface area contributed by atoms with E-state index in [9.17, 15) is 4.79 Å². The van der Waals surface area contributed by atoms with Crippen LogP contribution in [-0.4, -0.2) is 38.0 Å². The van der Waals surface area contributed by atoms with Crippen molar-refractivity contribution in [3.8, 4) is 0 Å². The normalized spacial score (nSPS) is 17.1. The number of rotatable bonds is 4. The summed E-state index contributed by atoms with van der Waals surface area (Å²) < 4.78 is 0. The molecule has 130 valence electrons. The predicted octanol–water partition coefficient (Wildman–Crippen LogP) is 3.90. The third-order valence-electron chi connectivity index (χ3n) is 5.09. The molecule has 0 aromatic heterocycles. The molecular weight excluding hydrogens is 284 g/mol. The van der Waals surface area contributed by atoms with E-state index in [0.29, 0.717) is 11.8 Å². The summed E-state index contributed by atoms with van der Waals surface area (Å²) in [7, 11) is 3.88. The molecule has 1 heterocycles. The average molecular weight is 319 g/mol. The second-order valence-corrected chi connectivity index (χ2v) is 6.68. The molecule has 23 heavy (non-hydrogen) atoms. The number of carbonyl (C=O) groups is 1. The molecule has 1 fully saturated rings. The number of carbonyl (C=O) groups excluding carboxylic acids is 1. The fourth-order valence-corrected chi connectivity index (χ4v) is 3.38. The summed E-state index contributed by atoms with van der Waals surface area (Å²) in [6.07, 6.45) is 5.47. The lowest BCUT2D eigenvalue weighted by Crippen LogP contribution is -2.40. The molecule has 1 saturated heterocycles. The highest BCUT2D eigenvalue weighted by atomic mass is 16.1. The van der Waals surface area contributed by atoms with E-state index in [1.54, 1.807) is 12.6 Å². The predicted molar refractivity (Wildman–Crippen MR) is 98.9 cm³/mol. The molecule has 0 spiro atoms. The minimum atomic E-state index is 0.127. The highest BCUT2D eigenvalue weighted by molar-refractivity contribution is 5.75. The molecule has 2 rings (SSSR count). The number of benzene rings is 1. The summed E-state index contributed by atoms with van der Waals surface area (Å²) in [4.78, 5) is 12.8. The van der Waals surface area contributed by atoms with Crippen molar-refractivity contribution in [3.05, 3.63) is 35.4 Å². The molecule has 3 nitrogen and oxygen atoms in total. The smallest absolute Gasteiger partial charge is 0.219 e. The lowest BCUT2D eigenvalue weighted by molar-refractivity contribution is -0.120. The minimum absolute atomic E-state index is 0.127. The highest BCUT2D eigenvalue weighted by Gasteiger charge is 2.34. The fourth-order valence-electron chi connectivity index (χ4n) is 3.38. The van der Waals surface area contributed by atoms with Gasteiger partial charge >= 0.3 is 0 Å². The Bertz CT molecular complexity index is 476. The van der Waals surface area contributed by atoms with Crippen LogP contribution < -0.4 is 5.32 Å². The van der Waals surface area contributed by atoms with Gasteiger partial charge < -0.3 is 10.2 Å². The Morgan fingerprint density at radius 1 is 1.22 bits per heavy atom. The van der Waals surface area contributed by atoms with Gasteiger partial charge in [0, 0.05) is 13.5 Å². The van der Waals surface area contributed by atoms with E-state index >= 15 is 0 Å². The van der Waals surface area contributed by atoms with Crippen LogP contribution in [0.1, 0.15) is 57.1 Å². The highest BCUT2D eigenvalue weighted by Crippen LogP contribution is 2.39. The van der Waals surface area contributed by atoms with Crippen LogP contribution in [0.3, 0.4) is 0 Å². The van der Waals surface area contributed by atoms with Crippen LogP contribution in [0, 0.1) is 6.92 Å². The number of hydrogen-bond acceptors (Lipinski definition) is 2. The molecule has 1 amide bonds. The number of likely N-dealkylation sites (tertiary alicyclic amines) is 1. The van der Waals surface area contributed by atoms with Crippen molar-refractivity contribution in [2.24, 2.45) is 0 Å². The zero-order valence-electron chi connectivity index (χ0n) is 15.6. The van der Waals surface area contributed by atoms with E-state index in [1.165, 1.54) is 37.9 Å². The van der Waals surface area contributed by atoms with Crippen LogP contribution in [0.15, 0.2) is 24.3 Å². The maximum Gasteiger partial charge on any atom is 0.219 e. The van der Waals surface area contributed by atoms with Gasteiger partial charge in [-0.15, -0.1) is 0 Å². The van der Waals surface area contributed by atoms with Crippen molar-refractivity contribution in [2.75, 3.05) is 27.2 Å². The van der Waals surface area contributed by atoms with Gasteiger partial charge in [-0.05, 0) is 69.3 Å². The molecular formula is C20H34N2O. The summed E-state index contributed by atoms with van der Waals surface area (Å²) >= 11 is 0. The molecule has 0 aliphatic carbocycles. The van der Waals surface area contributed by atoms with E-state index in [-0.39, 0.29) is 5.91 Å². The maximum absolute atomic E-state index is 10.3. The number of amides is 1. The molecule has 0 bridgehead atoms. The van der Waals surface area contributed by atoms with E-state index in [1.807, 2.05) is 6.92 Å². The first-order valence-electron chi connectivity index (χ1n) is 8.94. The van der Waals surface area contributed by atoms with Crippen LogP contribution in [-0.2, 0) is 10.2 Å². The molecule has 0 unspecified atom stereocenters. The van der Waals surface area contributed by atoms with Crippen molar-refractivity contribution in [2.45, 2.75) is 58.3 Å². The van der Waals surface area contributed by atoms with Gasteiger partial charge in [0.15, 0.2) is 0 Å². The summed E-state index contributed by atoms with van der Waals surface area (Å²) in [5, 5.41) is 2.53. The molecule has 0 saturated carbocycles. The topological polar surface area (TPSA) is 32.3 Å². The van der Waals surface area contributed by atoms with Crippen molar-refractivity contribution in [3.63, 3.8) is 0 Å². The summed E-state index contributed by atoms with van der Waals surface area (Å²) in [6.45, 7) is 9.06. The molecule has 1 aromatic carbocycles. The number of nitrogens with one attached hydrogen (secondary N) is 1. The molecule has 0 radical (unpaired) electrons. The number of aryl methyl sites for hydroxylation is 1. The van der Waals surface area contributed by atoms with Crippen LogP contribution in [0.25, 0.3) is 0 Å². The van der Waals surface area contributed by atoms with Gasteiger partial charge in [-0.1, -0.05) is 38.1 Å². The fraction of sp³-hybridized carbons (Fsp3) is 0.650. The second kappa shape index (κ2) is 9.71. The maximum atomic E-state index is 10.3. The van der Waals surface area contributed by atoms with Gasteiger partial charge in [-0.2, -0.15) is 0 Å². The summed E-state index contributed by atoms with van der Waals surface area (Å²) in [5.74, 6) is 0.127. The van der Waals surface area contributed by atoms with Crippen molar-refractivity contribution >= 4 is 5.91 Å². The van der Waals surface area contributed by atoms with Crippen molar-refractivity contribution < 1.29 is 4.79 Å². The Hall–Kier alpha value is -1.35. The van der Waals surface area contributed by atoms with E-state index in [0.717, 1.165) is 6.42 Å². The molecule has 1 aliphatic rings. The Morgan fingerprint density at radius 2 is 1.83 bits per heavy atom. The zero-order chi connectivity index (χ0) is 17.3. The van der Waals surface area contributed by atoms with Gasteiger partial charge in [0.1, 0.15) is 0 Å². The number of hydrogen-bond donors (Lipinski definition) is 1. The van der Waals surface area contributed by atoms with Crippen molar-refractivity contribution in [1.29, 1.82) is 0 Å². The van der Waals surface area contributed by atoms with Crippen molar-refractivity contribution in [1.82, 2.24) is 10.2 Å². The Morgan fingerprint density at radius 3 is 2.26 bits per heavy atom. The summed E-state index contributed by atoms with van der Waals surface area (Å²) in [5.41, 5.74) is 3.50. The lowest BCUT2D eigenvalue weighted by Gasteiger charge is -2.41. The van der Waals surface area contributed by atoms with Gasteiger partial charge in [-0.25, -0.2) is 0 Å². The SMILES string of the molecule is CCC1(c2ccccc2C)CCN(C)CC1.CCCC(=O)NC. The number of piperidine rings is 1. The Balaban J connectivity index is 0.000000322.